The van der Waals surface area contributed by atoms with Gasteiger partial charge in [0.15, 0.2) is 0 Å². The van der Waals surface area contributed by atoms with E-state index in [-0.39, 0.29) is 5.60 Å². The number of fused-ring (bicyclic) bond motifs is 1. The Balaban J connectivity index is 2.06. The summed E-state index contributed by atoms with van der Waals surface area (Å²) in [4.78, 5) is 0. The van der Waals surface area contributed by atoms with Gasteiger partial charge < -0.3 is 0 Å². The summed E-state index contributed by atoms with van der Waals surface area (Å²) in [6.07, 6.45) is 9.83. The molecule has 0 aliphatic heterocycles. The first-order valence-electron chi connectivity index (χ1n) is 6.82. The summed E-state index contributed by atoms with van der Waals surface area (Å²) >= 11 is 3.08. The van der Waals surface area contributed by atoms with E-state index in [0.717, 1.165) is 11.0 Å². The number of methoxy groups -OCH3 is 2. The molecule has 0 saturated heterocycles. The van der Waals surface area contributed by atoms with Crippen molar-refractivity contribution in [2.24, 2.45) is 5.92 Å². The number of hydrogen-bond donors (Lipinski definition) is 0. The molecule has 2 atom stereocenters. The van der Waals surface area contributed by atoms with E-state index in [9.17, 15) is 0 Å². The molecule has 0 spiro atoms. The number of ether oxygens (including phenoxy) is 2. The fourth-order valence-corrected chi connectivity index (χ4v) is 4.45. The number of rotatable bonds is 4. The molecular weight excluding hydrogens is 264 g/mol. The fraction of sp³-hybridized carbons (Fsp3) is 0.667. The average molecular weight is 284 g/mol. The first-order valence-corrected chi connectivity index (χ1v) is 7.46. The predicted octanol–water partition coefficient (Wildman–Crippen LogP) is 2.92. The Kier molecular flexibility index (Phi) is 3.36. The van der Waals surface area contributed by atoms with Crippen LogP contribution in [0.1, 0.15) is 38.5 Å². The van der Waals surface area contributed by atoms with Gasteiger partial charge in [-0.25, -0.2) is 0 Å². The van der Waals surface area contributed by atoms with Gasteiger partial charge in [0.25, 0.3) is 0 Å². The molecule has 18 heavy (non-hydrogen) atoms. The van der Waals surface area contributed by atoms with Gasteiger partial charge in [-0.1, -0.05) is 0 Å². The molecule has 2 nitrogen and oxygen atoms in total. The van der Waals surface area contributed by atoms with Crippen LogP contribution in [0.25, 0.3) is 0 Å². The first-order chi connectivity index (χ1) is 8.74. The van der Waals surface area contributed by atoms with Crippen molar-refractivity contribution in [3.8, 4) is 0 Å². The Labute approximate surface area is 117 Å². The molecule has 3 aliphatic rings. The molecule has 2 unspecified atom stereocenters. The van der Waals surface area contributed by atoms with Crippen LogP contribution in [0.2, 0.25) is 0 Å². The third-order valence-electron chi connectivity index (χ3n) is 4.79. The van der Waals surface area contributed by atoms with E-state index >= 15 is 0 Å². The first kappa shape index (κ1) is 12.8. The van der Waals surface area contributed by atoms with Gasteiger partial charge in [-0.3, -0.25) is 0 Å². The monoisotopic (exact) mass is 284 g/mol. The van der Waals surface area contributed by atoms with Crippen LogP contribution in [0.3, 0.4) is 0 Å². The van der Waals surface area contributed by atoms with Crippen LogP contribution >= 0.6 is 0 Å². The number of allylic oxidation sites excluding steroid dienone is 2. The molecule has 3 heteroatoms. The Morgan fingerprint density at radius 1 is 1.39 bits per heavy atom. The summed E-state index contributed by atoms with van der Waals surface area (Å²) in [5.41, 5.74) is 4.33. The van der Waals surface area contributed by atoms with Crippen LogP contribution < -0.4 is 0 Å². The van der Waals surface area contributed by atoms with Gasteiger partial charge in [0.05, 0.1) is 0 Å². The van der Waals surface area contributed by atoms with Crippen LogP contribution in [0, 0.1) is 5.92 Å². The van der Waals surface area contributed by atoms with Crippen molar-refractivity contribution in [1.29, 1.82) is 0 Å². The molecule has 1 fully saturated rings. The zero-order valence-electron chi connectivity index (χ0n) is 11.1. The minimum absolute atomic E-state index is 0.0602. The van der Waals surface area contributed by atoms with Crippen molar-refractivity contribution in [2.45, 2.75) is 44.1 Å². The molecule has 0 amide bonds. The third-order valence-corrected chi connectivity index (χ3v) is 5.36. The summed E-state index contributed by atoms with van der Waals surface area (Å²) in [6.45, 7) is 0. The fourth-order valence-electron chi connectivity index (χ4n) is 4.01. The predicted molar refractivity (Wildman–Crippen MR) is 68.1 cm³/mol. The van der Waals surface area contributed by atoms with E-state index in [1.807, 2.05) is 7.11 Å². The van der Waals surface area contributed by atoms with Gasteiger partial charge in [0.2, 0.25) is 0 Å². The zero-order chi connectivity index (χ0) is 12.8. The van der Waals surface area contributed by atoms with Crippen LogP contribution in [0.15, 0.2) is 22.8 Å². The second-order valence-corrected chi connectivity index (χ2v) is 6.02. The maximum absolute atomic E-state index is 5.92. The summed E-state index contributed by atoms with van der Waals surface area (Å²) < 4.78 is 12.3. The second kappa shape index (κ2) is 4.72. The average Bonchev–Trinajstić information content (AvgIpc) is 3.00. The molecule has 0 aromatic rings. The molecular formula is C15H20CrO2. The standard InChI is InChI=1S/C15H20O2.Cr/c1-16-10-13-14(11-6-3-4-7-11)12-8-5-9-15(12,13)17-2;/h6,12H,3-5,7-9H2,1-2H3;. The van der Waals surface area contributed by atoms with Crippen LogP contribution in [-0.4, -0.2) is 24.4 Å². The summed E-state index contributed by atoms with van der Waals surface area (Å²) in [5.74, 6) is 0.598. The molecule has 0 heterocycles. The SMILES string of the molecule is CO[C](=[Cr])C1=C(C2=CCCC2)C2CCCC12OC. The quantitative estimate of drug-likeness (QED) is 0.790. The van der Waals surface area contributed by atoms with Crippen LogP contribution in [0.4, 0.5) is 0 Å². The van der Waals surface area contributed by atoms with E-state index in [2.05, 4.69) is 21.9 Å². The van der Waals surface area contributed by atoms with Crippen molar-refractivity contribution < 1.29 is 25.3 Å². The topological polar surface area (TPSA) is 18.5 Å². The van der Waals surface area contributed by atoms with E-state index in [1.54, 1.807) is 12.7 Å². The summed E-state index contributed by atoms with van der Waals surface area (Å²) in [6, 6.07) is 0. The third kappa shape index (κ3) is 1.58. The van der Waals surface area contributed by atoms with Crippen molar-refractivity contribution in [3.05, 3.63) is 22.8 Å². The van der Waals surface area contributed by atoms with Gasteiger partial charge in [-0.05, 0) is 0 Å². The maximum atomic E-state index is 5.92. The summed E-state index contributed by atoms with van der Waals surface area (Å²) in [7, 11) is 3.59. The van der Waals surface area contributed by atoms with Gasteiger partial charge in [0.1, 0.15) is 0 Å². The van der Waals surface area contributed by atoms with E-state index in [0.29, 0.717) is 5.92 Å². The van der Waals surface area contributed by atoms with Gasteiger partial charge in [0, 0.05) is 0 Å². The van der Waals surface area contributed by atoms with Crippen molar-refractivity contribution in [3.63, 3.8) is 0 Å². The van der Waals surface area contributed by atoms with Gasteiger partial charge >= 0.3 is 117 Å². The Morgan fingerprint density at radius 2 is 2.22 bits per heavy atom. The Bertz CT molecular complexity index is 449. The van der Waals surface area contributed by atoms with Gasteiger partial charge in [-0.15, -0.1) is 0 Å². The van der Waals surface area contributed by atoms with E-state index in [1.165, 1.54) is 43.3 Å². The van der Waals surface area contributed by atoms with Gasteiger partial charge in [-0.2, -0.15) is 0 Å². The molecule has 3 rings (SSSR count). The molecule has 0 bridgehead atoms. The van der Waals surface area contributed by atoms with Crippen molar-refractivity contribution >= 4 is 4.57 Å². The Morgan fingerprint density at radius 3 is 2.83 bits per heavy atom. The zero-order valence-corrected chi connectivity index (χ0v) is 12.4. The second-order valence-electron chi connectivity index (χ2n) is 5.44. The molecule has 3 aliphatic carbocycles. The molecule has 1 saturated carbocycles. The normalized spacial score (nSPS) is 34.3. The van der Waals surface area contributed by atoms with Crippen molar-refractivity contribution in [2.75, 3.05) is 14.2 Å². The van der Waals surface area contributed by atoms with E-state index in [4.69, 9.17) is 9.47 Å². The molecule has 0 aromatic carbocycles. The summed E-state index contributed by atoms with van der Waals surface area (Å²) in [5, 5.41) is 0. The molecule has 0 N–H and O–H groups in total. The molecule has 98 valence electrons. The van der Waals surface area contributed by atoms with Crippen molar-refractivity contribution in [1.82, 2.24) is 0 Å². The van der Waals surface area contributed by atoms with Crippen LogP contribution in [-0.2, 0) is 25.3 Å². The Hall–Kier alpha value is -0.198. The molecule has 0 radical (unpaired) electrons. The number of hydrogen-bond acceptors (Lipinski definition) is 2. The molecule has 0 aromatic heterocycles. The minimum atomic E-state index is -0.0602. The van der Waals surface area contributed by atoms with E-state index < -0.39 is 0 Å². The van der Waals surface area contributed by atoms with Crippen LogP contribution in [0.5, 0.6) is 0 Å².